The second kappa shape index (κ2) is 8.55. The van der Waals surface area contributed by atoms with Gasteiger partial charge in [0.05, 0.1) is 25.3 Å². The van der Waals surface area contributed by atoms with Gasteiger partial charge >= 0.3 is 0 Å². The molecular formula is C22H29N5O3S. The Kier molecular flexibility index (Phi) is 5.98. The van der Waals surface area contributed by atoms with Gasteiger partial charge in [-0.2, -0.15) is 0 Å². The highest BCUT2D eigenvalue weighted by Gasteiger charge is 2.37. The van der Waals surface area contributed by atoms with Crippen LogP contribution in [0.3, 0.4) is 0 Å². The zero-order chi connectivity index (χ0) is 22.3. The third kappa shape index (κ3) is 3.92. The number of anilines is 2. The highest BCUT2D eigenvalue weighted by atomic mass is 32.1. The van der Waals surface area contributed by atoms with Crippen LogP contribution in [-0.2, 0) is 22.5 Å². The summed E-state index contributed by atoms with van der Waals surface area (Å²) in [5, 5.41) is 0.756. The van der Waals surface area contributed by atoms with E-state index in [1.165, 1.54) is 4.90 Å². The Morgan fingerprint density at radius 2 is 2.03 bits per heavy atom. The lowest BCUT2D eigenvalue weighted by atomic mass is 10.00. The maximum atomic E-state index is 13.2. The van der Waals surface area contributed by atoms with Crippen LogP contribution < -0.4 is 9.80 Å². The number of fused-ring (bicyclic) bond motifs is 3. The van der Waals surface area contributed by atoms with E-state index < -0.39 is 0 Å². The number of methoxy groups -OCH3 is 1. The molecule has 2 aromatic heterocycles. The van der Waals surface area contributed by atoms with E-state index in [0.29, 0.717) is 31.2 Å². The number of likely N-dealkylation sites (N-methyl/N-ethyl adjacent to an activating group) is 1. The number of nitrogens with zero attached hydrogens (tertiary/aromatic N) is 5. The first-order valence-corrected chi connectivity index (χ1v) is 11.4. The minimum atomic E-state index is -0.0741. The molecule has 0 aromatic carbocycles. The first-order chi connectivity index (χ1) is 14.8. The minimum Gasteiger partial charge on any atom is -0.383 e. The zero-order valence-corrected chi connectivity index (χ0v) is 19.6. The molecule has 8 nitrogen and oxygen atoms in total. The molecule has 0 unspecified atom stereocenters. The maximum absolute atomic E-state index is 13.2. The number of carbonyl (C=O) groups excluding carboxylic acids is 2. The van der Waals surface area contributed by atoms with Gasteiger partial charge in [-0.15, -0.1) is 11.3 Å². The zero-order valence-electron chi connectivity index (χ0n) is 18.8. The molecule has 2 amide bonds. The molecule has 0 fully saturated rings. The maximum Gasteiger partial charge on any atom is 0.257 e. The largest absolute Gasteiger partial charge is 0.383 e. The lowest BCUT2D eigenvalue weighted by molar-refractivity contribution is -0.119. The Morgan fingerprint density at radius 3 is 2.74 bits per heavy atom. The fourth-order valence-corrected chi connectivity index (χ4v) is 5.58. The van der Waals surface area contributed by atoms with Crippen LogP contribution in [-0.4, -0.2) is 67.1 Å². The third-order valence-corrected chi connectivity index (χ3v) is 7.11. The molecule has 0 radical (unpaired) electrons. The summed E-state index contributed by atoms with van der Waals surface area (Å²) in [6.07, 6.45) is 2.67. The van der Waals surface area contributed by atoms with Gasteiger partial charge in [-0.25, -0.2) is 9.97 Å². The molecule has 0 saturated heterocycles. The summed E-state index contributed by atoms with van der Waals surface area (Å²) < 4.78 is 5.22. The van der Waals surface area contributed by atoms with Crippen molar-refractivity contribution in [3.8, 4) is 0 Å². The number of aryl methyl sites for hydroxylation is 1. The topological polar surface area (TPSA) is 78.9 Å². The highest BCUT2D eigenvalue weighted by molar-refractivity contribution is 7.17. The molecule has 0 aliphatic carbocycles. The number of ether oxygens (including phenoxy) is 1. The molecule has 4 heterocycles. The van der Waals surface area contributed by atoms with Gasteiger partial charge in [0.25, 0.3) is 5.91 Å². The van der Waals surface area contributed by atoms with Crippen molar-refractivity contribution in [2.45, 2.75) is 39.7 Å². The van der Waals surface area contributed by atoms with Crippen molar-refractivity contribution >= 4 is 34.0 Å². The molecule has 0 saturated carbocycles. The molecular weight excluding hydrogens is 414 g/mol. The van der Waals surface area contributed by atoms with E-state index in [0.717, 1.165) is 45.6 Å². The number of hydrogen-bond acceptors (Lipinski definition) is 7. The summed E-state index contributed by atoms with van der Waals surface area (Å²) in [5.74, 6) is 1.88. The van der Waals surface area contributed by atoms with Crippen LogP contribution in [0.2, 0.25) is 0 Å². The van der Waals surface area contributed by atoms with E-state index in [2.05, 4.69) is 23.7 Å². The van der Waals surface area contributed by atoms with E-state index in [4.69, 9.17) is 9.72 Å². The second-order valence-electron chi connectivity index (χ2n) is 8.41. The SMILES string of the molecule is COCCN1C(=O)CN(C)C(=O)c2c1sc1c2CCN(c2nc(C)ncc2C(C)C)C1. The van der Waals surface area contributed by atoms with Crippen LogP contribution in [0.4, 0.5) is 10.8 Å². The van der Waals surface area contributed by atoms with E-state index in [1.807, 2.05) is 13.1 Å². The minimum absolute atomic E-state index is 0.0735. The normalized spacial score (nSPS) is 16.6. The number of carbonyl (C=O) groups is 2. The monoisotopic (exact) mass is 443 g/mol. The quantitative estimate of drug-likeness (QED) is 0.707. The Labute approximate surface area is 186 Å². The summed E-state index contributed by atoms with van der Waals surface area (Å²) in [6.45, 7) is 8.60. The van der Waals surface area contributed by atoms with Gasteiger partial charge < -0.3 is 14.5 Å². The predicted octanol–water partition coefficient (Wildman–Crippen LogP) is 2.60. The summed E-state index contributed by atoms with van der Waals surface area (Å²) in [7, 11) is 3.31. The predicted molar refractivity (Wildman–Crippen MR) is 121 cm³/mol. The smallest absolute Gasteiger partial charge is 0.257 e. The second-order valence-corrected chi connectivity index (χ2v) is 9.49. The van der Waals surface area contributed by atoms with Crippen LogP contribution in [0.25, 0.3) is 0 Å². The number of thiophene rings is 1. The number of amides is 2. The standard InChI is InChI=1S/C22H29N5O3S/c1-13(2)16-10-23-14(3)24-20(16)26-7-6-15-17(11-26)31-22-19(15)21(29)25(4)12-18(28)27(22)8-9-30-5/h10,13H,6-9,11-12H2,1-5H3. The first kappa shape index (κ1) is 21.7. The molecule has 0 atom stereocenters. The summed E-state index contributed by atoms with van der Waals surface area (Å²) >= 11 is 1.55. The third-order valence-electron chi connectivity index (χ3n) is 5.87. The van der Waals surface area contributed by atoms with Crippen molar-refractivity contribution in [3.63, 3.8) is 0 Å². The van der Waals surface area contributed by atoms with E-state index in [-0.39, 0.29) is 18.4 Å². The van der Waals surface area contributed by atoms with Crippen LogP contribution in [0.5, 0.6) is 0 Å². The summed E-state index contributed by atoms with van der Waals surface area (Å²) in [5.41, 5.74) is 2.88. The average Bonchev–Trinajstić information content (AvgIpc) is 3.07. The Bertz CT molecular complexity index is 1020. The van der Waals surface area contributed by atoms with E-state index >= 15 is 0 Å². The molecule has 31 heavy (non-hydrogen) atoms. The van der Waals surface area contributed by atoms with Crippen molar-refractivity contribution in [2.75, 3.05) is 50.2 Å². The summed E-state index contributed by atoms with van der Waals surface area (Å²) in [4.78, 5) is 41.8. The van der Waals surface area contributed by atoms with Crippen molar-refractivity contribution < 1.29 is 14.3 Å². The fourth-order valence-electron chi connectivity index (χ4n) is 4.18. The lowest BCUT2D eigenvalue weighted by Crippen LogP contribution is -2.39. The Hall–Kier alpha value is -2.52. The van der Waals surface area contributed by atoms with Crippen LogP contribution in [0.1, 0.15) is 52.0 Å². The molecule has 4 rings (SSSR count). The van der Waals surface area contributed by atoms with Gasteiger partial charge in [0.2, 0.25) is 5.91 Å². The fraction of sp³-hybridized carbons (Fsp3) is 0.545. The van der Waals surface area contributed by atoms with Crippen molar-refractivity contribution in [3.05, 3.63) is 33.6 Å². The van der Waals surface area contributed by atoms with Crippen LogP contribution in [0.15, 0.2) is 6.20 Å². The number of aromatic nitrogens is 2. The molecule has 0 N–H and O–H groups in total. The van der Waals surface area contributed by atoms with E-state index in [9.17, 15) is 9.59 Å². The van der Waals surface area contributed by atoms with Crippen molar-refractivity contribution in [1.82, 2.24) is 14.9 Å². The van der Waals surface area contributed by atoms with Crippen molar-refractivity contribution in [1.29, 1.82) is 0 Å². The molecule has 0 spiro atoms. The first-order valence-electron chi connectivity index (χ1n) is 10.6. The number of rotatable bonds is 5. The molecule has 2 aliphatic rings. The Balaban J connectivity index is 1.74. The van der Waals surface area contributed by atoms with Gasteiger partial charge in [-0.05, 0) is 24.8 Å². The molecule has 0 bridgehead atoms. The molecule has 2 aliphatic heterocycles. The highest BCUT2D eigenvalue weighted by Crippen LogP contribution is 2.42. The summed E-state index contributed by atoms with van der Waals surface area (Å²) in [6, 6.07) is 0. The molecule has 166 valence electrons. The number of hydrogen-bond donors (Lipinski definition) is 0. The molecule has 9 heteroatoms. The average molecular weight is 444 g/mol. The lowest BCUT2D eigenvalue weighted by Gasteiger charge is -2.30. The van der Waals surface area contributed by atoms with Gasteiger partial charge in [0.15, 0.2) is 0 Å². The Morgan fingerprint density at radius 1 is 1.26 bits per heavy atom. The molecule has 2 aromatic rings. The van der Waals surface area contributed by atoms with Gasteiger partial charge in [-0.3, -0.25) is 14.5 Å². The van der Waals surface area contributed by atoms with Crippen LogP contribution in [0, 0.1) is 6.92 Å². The van der Waals surface area contributed by atoms with Gasteiger partial charge in [0, 0.05) is 37.3 Å². The van der Waals surface area contributed by atoms with Crippen LogP contribution >= 0.6 is 11.3 Å². The van der Waals surface area contributed by atoms with Crippen molar-refractivity contribution in [2.24, 2.45) is 0 Å². The van der Waals surface area contributed by atoms with Gasteiger partial charge in [0.1, 0.15) is 23.2 Å². The van der Waals surface area contributed by atoms with Gasteiger partial charge in [-0.1, -0.05) is 13.8 Å². The van der Waals surface area contributed by atoms with E-state index in [1.54, 1.807) is 30.4 Å².